The average molecular weight is 355 g/mol. The maximum absolute atomic E-state index is 12.8. The summed E-state index contributed by atoms with van der Waals surface area (Å²) in [7, 11) is 2.99. The van der Waals surface area contributed by atoms with Crippen LogP contribution in [0.4, 0.5) is 5.69 Å². The van der Waals surface area contributed by atoms with Crippen LogP contribution in [0.1, 0.15) is 29.3 Å². The van der Waals surface area contributed by atoms with E-state index in [1.165, 1.54) is 19.1 Å². The first-order chi connectivity index (χ1) is 12.5. The van der Waals surface area contributed by atoms with Crippen molar-refractivity contribution in [2.45, 2.75) is 18.9 Å². The highest BCUT2D eigenvalue weighted by Crippen LogP contribution is 2.42. The van der Waals surface area contributed by atoms with Crippen molar-refractivity contribution in [1.29, 1.82) is 0 Å². The molecule has 1 amide bonds. The number of ketones is 1. The van der Waals surface area contributed by atoms with E-state index < -0.39 is 11.5 Å². The lowest BCUT2D eigenvalue weighted by Crippen LogP contribution is -2.41. The topological polar surface area (TPSA) is 76.1 Å². The van der Waals surface area contributed by atoms with Crippen LogP contribution in [0.2, 0.25) is 0 Å². The summed E-state index contributed by atoms with van der Waals surface area (Å²) in [6, 6.07) is 11.8. The number of methoxy groups -OCH3 is 2. The lowest BCUT2D eigenvalue weighted by Gasteiger charge is -2.22. The van der Waals surface area contributed by atoms with Crippen LogP contribution in [-0.4, -0.2) is 37.6 Å². The Morgan fingerprint density at radius 2 is 1.81 bits per heavy atom. The van der Waals surface area contributed by atoms with Gasteiger partial charge >= 0.3 is 0 Å². The zero-order valence-corrected chi connectivity index (χ0v) is 15.0. The molecule has 0 aromatic heterocycles. The molecule has 136 valence electrons. The minimum Gasteiger partial charge on any atom is -0.493 e. The molecule has 0 spiro atoms. The standard InChI is InChI=1S/C20H21NO5/c1-4-21-15-8-6-5-7-14(15)20(24,19(21)23)12-16(22)13-9-10-17(25-2)18(11-13)26-3/h5-11,24H,4,12H2,1-3H3/t20-/m1/s1. The first kappa shape index (κ1) is 17.9. The number of hydrogen-bond acceptors (Lipinski definition) is 5. The predicted molar refractivity (Wildman–Crippen MR) is 96.9 cm³/mol. The molecule has 1 heterocycles. The Balaban J connectivity index is 1.95. The Hall–Kier alpha value is -2.86. The van der Waals surface area contributed by atoms with Crippen molar-refractivity contribution in [1.82, 2.24) is 0 Å². The number of Topliss-reactive ketones (excluding diaryl/α,β-unsaturated/α-hetero) is 1. The third-order valence-corrected chi connectivity index (χ3v) is 4.68. The maximum atomic E-state index is 12.8. The molecule has 6 heteroatoms. The second kappa shape index (κ2) is 6.80. The molecule has 0 saturated heterocycles. The molecule has 3 rings (SSSR count). The minimum absolute atomic E-state index is 0.338. The van der Waals surface area contributed by atoms with E-state index in [9.17, 15) is 14.7 Å². The van der Waals surface area contributed by atoms with Crippen LogP contribution in [0.5, 0.6) is 11.5 Å². The number of benzene rings is 2. The van der Waals surface area contributed by atoms with Gasteiger partial charge in [0.2, 0.25) is 0 Å². The highest BCUT2D eigenvalue weighted by molar-refractivity contribution is 6.10. The van der Waals surface area contributed by atoms with E-state index in [2.05, 4.69) is 0 Å². The smallest absolute Gasteiger partial charge is 0.264 e. The van der Waals surface area contributed by atoms with E-state index >= 15 is 0 Å². The number of ether oxygens (including phenoxy) is 2. The van der Waals surface area contributed by atoms with Crippen LogP contribution in [0.15, 0.2) is 42.5 Å². The Morgan fingerprint density at radius 3 is 2.46 bits per heavy atom. The first-order valence-electron chi connectivity index (χ1n) is 8.35. The average Bonchev–Trinajstić information content (AvgIpc) is 2.88. The molecule has 1 atom stereocenters. The third kappa shape index (κ3) is 2.72. The van der Waals surface area contributed by atoms with Crippen molar-refractivity contribution in [3.8, 4) is 11.5 Å². The number of aliphatic hydroxyl groups is 1. The largest absolute Gasteiger partial charge is 0.493 e. The van der Waals surface area contributed by atoms with Crippen LogP contribution < -0.4 is 14.4 Å². The molecule has 1 aliphatic heterocycles. The molecular formula is C20H21NO5. The molecular weight excluding hydrogens is 334 g/mol. The number of para-hydroxylation sites is 1. The summed E-state index contributed by atoms with van der Waals surface area (Å²) in [4.78, 5) is 27.1. The number of nitrogens with zero attached hydrogens (tertiary/aromatic N) is 1. The van der Waals surface area contributed by atoms with E-state index in [0.29, 0.717) is 34.9 Å². The highest BCUT2D eigenvalue weighted by Gasteiger charge is 2.50. The fourth-order valence-corrected chi connectivity index (χ4v) is 3.34. The quantitative estimate of drug-likeness (QED) is 0.806. The number of carbonyl (C=O) groups is 2. The summed E-state index contributed by atoms with van der Waals surface area (Å²) in [6.45, 7) is 2.25. The van der Waals surface area contributed by atoms with E-state index in [0.717, 1.165) is 0 Å². The molecule has 0 saturated carbocycles. The summed E-state index contributed by atoms with van der Waals surface area (Å²) in [5.41, 5.74) is -0.420. The molecule has 1 N–H and O–H groups in total. The molecule has 0 fully saturated rings. The fraction of sp³-hybridized carbons (Fsp3) is 0.300. The zero-order chi connectivity index (χ0) is 18.9. The van der Waals surface area contributed by atoms with Gasteiger partial charge in [-0.2, -0.15) is 0 Å². The van der Waals surface area contributed by atoms with Gasteiger partial charge in [-0.25, -0.2) is 0 Å². The number of hydrogen-bond donors (Lipinski definition) is 1. The second-order valence-electron chi connectivity index (χ2n) is 6.10. The fourth-order valence-electron chi connectivity index (χ4n) is 3.34. The summed E-state index contributed by atoms with van der Waals surface area (Å²) < 4.78 is 10.4. The molecule has 0 unspecified atom stereocenters. The maximum Gasteiger partial charge on any atom is 0.264 e. The van der Waals surface area contributed by atoms with Gasteiger partial charge in [-0.3, -0.25) is 9.59 Å². The van der Waals surface area contributed by atoms with E-state index in [1.807, 2.05) is 6.92 Å². The number of amides is 1. The molecule has 0 bridgehead atoms. The third-order valence-electron chi connectivity index (χ3n) is 4.68. The number of likely N-dealkylation sites (N-methyl/N-ethyl adjacent to an activating group) is 1. The summed E-state index contributed by atoms with van der Waals surface area (Å²) in [5, 5.41) is 11.1. The molecule has 6 nitrogen and oxygen atoms in total. The van der Waals surface area contributed by atoms with Gasteiger partial charge in [0, 0.05) is 17.7 Å². The lowest BCUT2D eigenvalue weighted by atomic mass is 9.88. The second-order valence-corrected chi connectivity index (χ2v) is 6.10. The monoisotopic (exact) mass is 355 g/mol. The number of anilines is 1. The van der Waals surface area contributed by atoms with Crippen molar-refractivity contribution in [2.75, 3.05) is 25.7 Å². The predicted octanol–water partition coefficient (Wildman–Crippen LogP) is 2.53. The van der Waals surface area contributed by atoms with Crippen molar-refractivity contribution in [3.63, 3.8) is 0 Å². The van der Waals surface area contributed by atoms with Crippen molar-refractivity contribution >= 4 is 17.4 Å². The van der Waals surface area contributed by atoms with Gasteiger partial charge in [0.15, 0.2) is 22.9 Å². The molecule has 2 aromatic rings. The Kier molecular flexibility index (Phi) is 4.70. The first-order valence-corrected chi connectivity index (χ1v) is 8.35. The van der Waals surface area contributed by atoms with Gasteiger partial charge in [-0.1, -0.05) is 18.2 Å². The lowest BCUT2D eigenvalue weighted by molar-refractivity contribution is -0.135. The summed E-state index contributed by atoms with van der Waals surface area (Å²) >= 11 is 0. The Labute approximate surface area is 152 Å². The molecule has 0 radical (unpaired) electrons. The molecule has 1 aliphatic rings. The van der Waals surface area contributed by atoms with Gasteiger partial charge in [0.05, 0.1) is 26.3 Å². The van der Waals surface area contributed by atoms with Crippen LogP contribution in [-0.2, 0) is 10.4 Å². The van der Waals surface area contributed by atoms with Gasteiger partial charge in [0.1, 0.15) is 0 Å². The number of carbonyl (C=O) groups excluding carboxylic acids is 2. The normalized spacial score (nSPS) is 18.6. The Bertz CT molecular complexity index is 863. The van der Waals surface area contributed by atoms with E-state index in [1.54, 1.807) is 42.5 Å². The summed E-state index contributed by atoms with van der Waals surface area (Å²) in [6.07, 6.45) is -0.338. The van der Waals surface area contributed by atoms with Gasteiger partial charge in [-0.15, -0.1) is 0 Å². The van der Waals surface area contributed by atoms with Crippen molar-refractivity contribution < 1.29 is 24.2 Å². The van der Waals surface area contributed by atoms with Crippen LogP contribution in [0.25, 0.3) is 0 Å². The molecule has 26 heavy (non-hydrogen) atoms. The number of fused-ring (bicyclic) bond motifs is 1. The van der Waals surface area contributed by atoms with Crippen molar-refractivity contribution in [3.05, 3.63) is 53.6 Å². The van der Waals surface area contributed by atoms with E-state index in [-0.39, 0.29) is 12.2 Å². The SMILES string of the molecule is CCN1C(=O)[C@@](O)(CC(=O)c2ccc(OC)c(OC)c2)c2ccccc21. The van der Waals surface area contributed by atoms with Gasteiger partial charge < -0.3 is 19.5 Å². The van der Waals surface area contributed by atoms with Crippen LogP contribution in [0, 0.1) is 0 Å². The summed E-state index contributed by atoms with van der Waals surface area (Å²) in [5.74, 6) is 0.0884. The highest BCUT2D eigenvalue weighted by atomic mass is 16.5. The van der Waals surface area contributed by atoms with Crippen molar-refractivity contribution in [2.24, 2.45) is 0 Å². The number of rotatable bonds is 6. The van der Waals surface area contributed by atoms with E-state index in [4.69, 9.17) is 9.47 Å². The molecule has 0 aliphatic carbocycles. The molecule has 2 aromatic carbocycles. The van der Waals surface area contributed by atoms with Gasteiger partial charge in [0.25, 0.3) is 5.91 Å². The van der Waals surface area contributed by atoms with Crippen LogP contribution in [0.3, 0.4) is 0 Å². The minimum atomic E-state index is -1.86. The Morgan fingerprint density at radius 1 is 1.12 bits per heavy atom. The zero-order valence-electron chi connectivity index (χ0n) is 15.0. The van der Waals surface area contributed by atoms with Crippen LogP contribution >= 0.6 is 0 Å². The van der Waals surface area contributed by atoms with Gasteiger partial charge in [-0.05, 0) is 31.2 Å².